The van der Waals surface area contributed by atoms with E-state index in [0.717, 1.165) is 5.56 Å². The van der Waals surface area contributed by atoms with Crippen molar-refractivity contribution in [2.45, 2.75) is 19.1 Å². The minimum absolute atomic E-state index is 0.0197. The van der Waals surface area contributed by atoms with E-state index in [-0.39, 0.29) is 18.9 Å². The first-order chi connectivity index (χ1) is 12.5. The lowest BCUT2D eigenvalue weighted by molar-refractivity contribution is -0.146. The molecule has 0 spiro atoms. The number of methoxy groups -OCH3 is 1. The summed E-state index contributed by atoms with van der Waals surface area (Å²) in [6.07, 6.45) is 1.67. The smallest absolute Gasteiger partial charge is 0.332 e. The number of hydrogen-bond acceptors (Lipinski definition) is 4. The molecular weight excluding hydrogens is 334 g/mol. The molecular formula is C20H21NO5. The number of aliphatic hydroxyl groups is 1. The van der Waals surface area contributed by atoms with Gasteiger partial charge >= 0.3 is 5.97 Å². The third-order valence-corrected chi connectivity index (χ3v) is 3.74. The van der Waals surface area contributed by atoms with Crippen LogP contribution >= 0.6 is 0 Å². The summed E-state index contributed by atoms with van der Waals surface area (Å²) in [4.78, 5) is 22.8. The van der Waals surface area contributed by atoms with Crippen LogP contribution in [-0.4, -0.2) is 35.3 Å². The molecule has 6 nitrogen and oxygen atoms in total. The molecule has 1 atom stereocenters. The Balaban J connectivity index is 2.01. The Morgan fingerprint density at radius 2 is 1.92 bits per heavy atom. The fraction of sp³-hybridized carbons (Fsp3) is 0.200. The molecule has 0 fully saturated rings. The zero-order chi connectivity index (χ0) is 18.9. The lowest BCUT2D eigenvalue weighted by atomic mass is 10.0. The normalized spacial score (nSPS) is 11.9. The number of rotatable bonds is 8. The maximum atomic E-state index is 12.0. The Morgan fingerprint density at radius 1 is 1.19 bits per heavy atom. The molecule has 1 amide bonds. The van der Waals surface area contributed by atoms with Gasteiger partial charge in [0.2, 0.25) is 5.91 Å². The maximum absolute atomic E-state index is 12.0. The highest BCUT2D eigenvalue weighted by molar-refractivity contribution is 5.91. The summed E-state index contributed by atoms with van der Waals surface area (Å²) in [5, 5.41) is 21.0. The van der Waals surface area contributed by atoms with E-state index in [9.17, 15) is 14.7 Å². The summed E-state index contributed by atoms with van der Waals surface area (Å²) in [5.41, 5.74) is 2.26. The van der Waals surface area contributed by atoms with Gasteiger partial charge in [-0.3, -0.25) is 4.79 Å². The molecule has 2 aromatic rings. The molecule has 0 aromatic heterocycles. The van der Waals surface area contributed by atoms with Crippen LogP contribution < -0.4 is 10.1 Å². The minimum Gasteiger partial charge on any atom is -0.496 e. The van der Waals surface area contributed by atoms with E-state index >= 15 is 0 Å². The number of aliphatic carboxylic acids is 1. The molecule has 6 heteroatoms. The second kappa shape index (κ2) is 9.39. The monoisotopic (exact) mass is 355 g/mol. The molecule has 0 saturated heterocycles. The molecule has 0 heterocycles. The molecule has 136 valence electrons. The summed E-state index contributed by atoms with van der Waals surface area (Å²) >= 11 is 0. The first kappa shape index (κ1) is 19.2. The van der Waals surface area contributed by atoms with Gasteiger partial charge < -0.3 is 20.3 Å². The number of carboxylic acid groups (broad SMARTS) is 1. The van der Waals surface area contributed by atoms with Crippen molar-refractivity contribution in [1.82, 2.24) is 5.32 Å². The van der Waals surface area contributed by atoms with Crippen LogP contribution in [0.1, 0.15) is 16.7 Å². The van der Waals surface area contributed by atoms with Crippen molar-refractivity contribution in [3.63, 3.8) is 0 Å². The van der Waals surface area contributed by atoms with E-state index in [1.54, 1.807) is 24.3 Å². The highest BCUT2D eigenvalue weighted by atomic mass is 16.5. The Labute approximate surface area is 151 Å². The number of carboxylic acids is 1. The molecule has 3 N–H and O–H groups in total. The van der Waals surface area contributed by atoms with E-state index in [0.29, 0.717) is 16.9 Å². The molecule has 0 aliphatic heterocycles. The molecule has 1 unspecified atom stereocenters. The van der Waals surface area contributed by atoms with Crippen LogP contribution in [-0.2, 0) is 22.6 Å². The lowest BCUT2D eigenvalue weighted by Gasteiger charge is -2.12. The van der Waals surface area contributed by atoms with E-state index < -0.39 is 12.1 Å². The second-order valence-electron chi connectivity index (χ2n) is 5.67. The topological polar surface area (TPSA) is 95.9 Å². The number of hydrogen-bond donors (Lipinski definition) is 3. The number of ether oxygens (including phenoxy) is 1. The minimum atomic E-state index is -1.47. The maximum Gasteiger partial charge on any atom is 0.332 e. The zero-order valence-corrected chi connectivity index (χ0v) is 14.4. The van der Waals surface area contributed by atoms with Crippen LogP contribution in [0.15, 0.2) is 54.6 Å². The number of carbonyl (C=O) groups is 2. The lowest BCUT2D eigenvalue weighted by Crippen LogP contribution is -2.23. The van der Waals surface area contributed by atoms with Crippen LogP contribution in [0.5, 0.6) is 5.75 Å². The average molecular weight is 355 g/mol. The Hall–Kier alpha value is -3.12. The zero-order valence-electron chi connectivity index (χ0n) is 14.4. The van der Waals surface area contributed by atoms with Gasteiger partial charge in [0.15, 0.2) is 6.10 Å². The highest BCUT2D eigenvalue weighted by Gasteiger charge is 2.15. The molecule has 0 aliphatic carbocycles. The highest BCUT2D eigenvalue weighted by Crippen LogP contribution is 2.20. The largest absolute Gasteiger partial charge is 0.496 e. The second-order valence-corrected chi connectivity index (χ2v) is 5.67. The van der Waals surface area contributed by atoms with Crippen LogP contribution in [0.3, 0.4) is 0 Å². The van der Waals surface area contributed by atoms with Crippen molar-refractivity contribution in [2.75, 3.05) is 7.11 Å². The van der Waals surface area contributed by atoms with E-state index in [1.807, 2.05) is 30.3 Å². The Bertz CT molecular complexity index is 786. The summed E-state index contributed by atoms with van der Waals surface area (Å²) < 4.78 is 5.27. The van der Waals surface area contributed by atoms with Gasteiger partial charge in [0.1, 0.15) is 5.75 Å². The summed E-state index contributed by atoms with van der Waals surface area (Å²) in [6.45, 7) is 0.220. The van der Waals surface area contributed by atoms with Crippen molar-refractivity contribution >= 4 is 18.0 Å². The summed E-state index contributed by atoms with van der Waals surface area (Å²) in [5.74, 6) is -0.959. The fourth-order valence-electron chi connectivity index (χ4n) is 2.38. The summed E-state index contributed by atoms with van der Waals surface area (Å²) in [7, 11) is 1.52. The van der Waals surface area contributed by atoms with Gasteiger partial charge in [-0.15, -0.1) is 0 Å². The predicted octanol–water partition coefficient (Wildman–Crippen LogP) is 2.01. The standard InChI is InChI=1S/C20H21NO5/c1-26-18-9-7-15(12-17(22)20(24)25)11-16(18)13-21-19(23)10-8-14-5-3-2-4-6-14/h2-11,17,22H,12-13H2,1H3,(H,21,23)(H,24,25)/b10-8+. The number of aliphatic hydroxyl groups excluding tert-OH is 1. The van der Waals surface area contributed by atoms with Crippen LogP contribution in [0.25, 0.3) is 6.08 Å². The third-order valence-electron chi connectivity index (χ3n) is 3.74. The molecule has 0 bridgehead atoms. The Kier molecular flexibility index (Phi) is 6.93. The van der Waals surface area contributed by atoms with Crippen molar-refractivity contribution in [2.24, 2.45) is 0 Å². The molecule has 0 radical (unpaired) electrons. The van der Waals surface area contributed by atoms with Gasteiger partial charge in [-0.2, -0.15) is 0 Å². The average Bonchev–Trinajstić information content (AvgIpc) is 2.65. The van der Waals surface area contributed by atoms with Crippen molar-refractivity contribution in [3.05, 3.63) is 71.3 Å². The van der Waals surface area contributed by atoms with Gasteiger partial charge in [-0.1, -0.05) is 42.5 Å². The molecule has 2 aromatic carbocycles. The van der Waals surface area contributed by atoms with Gasteiger partial charge in [-0.25, -0.2) is 4.79 Å². The van der Waals surface area contributed by atoms with E-state index in [1.165, 1.54) is 13.2 Å². The van der Waals surface area contributed by atoms with Gasteiger partial charge in [0.25, 0.3) is 0 Å². The van der Waals surface area contributed by atoms with Crippen molar-refractivity contribution in [3.8, 4) is 5.75 Å². The van der Waals surface area contributed by atoms with Crippen LogP contribution in [0, 0.1) is 0 Å². The van der Waals surface area contributed by atoms with E-state index in [2.05, 4.69) is 5.32 Å². The van der Waals surface area contributed by atoms with E-state index in [4.69, 9.17) is 9.84 Å². The predicted molar refractivity (Wildman–Crippen MR) is 97.7 cm³/mol. The number of amides is 1. The number of benzene rings is 2. The van der Waals surface area contributed by atoms with Crippen LogP contribution in [0.4, 0.5) is 0 Å². The van der Waals surface area contributed by atoms with Crippen molar-refractivity contribution in [1.29, 1.82) is 0 Å². The number of nitrogens with one attached hydrogen (secondary N) is 1. The van der Waals surface area contributed by atoms with Gasteiger partial charge in [-0.05, 0) is 23.3 Å². The first-order valence-electron chi connectivity index (χ1n) is 8.07. The fourth-order valence-corrected chi connectivity index (χ4v) is 2.38. The quantitative estimate of drug-likeness (QED) is 0.630. The molecule has 2 rings (SSSR count). The summed E-state index contributed by atoms with van der Waals surface area (Å²) in [6, 6.07) is 14.5. The SMILES string of the molecule is COc1ccc(CC(O)C(=O)O)cc1CNC(=O)/C=C/c1ccccc1. The van der Waals surface area contributed by atoms with Gasteiger partial charge in [0.05, 0.1) is 7.11 Å². The molecule has 0 saturated carbocycles. The number of carbonyl (C=O) groups excluding carboxylic acids is 1. The molecule has 0 aliphatic rings. The van der Waals surface area contributed by atoms with Crippen molar-refractivity contribution < 1.29 is 24.5 Å². The van der Waals surface area contributed by atoms with Crippen LogP contribution in [0.2, 0.25) is 0 Å². The molecule has 26 heavy (non-hydrogen) atoms. The third kappa shape index (κ3) is 5.75. The van der Waals surface area contributed by atoms with Gasteiger partial charge in [0, 0.05) is 24.6 Å². The first-order valence-corrected chi connectivity index (χ1v) is 8.07. The Morgan fingerprint density at radius 3 is 2.58 bits per heavy atom.